The summed E-state index contributed by atoms with van der Waals surface area (Å²) >= 11 is 0. The molecule has 2 unspecified atom stereocenters. The number of unbranched alkanes of at least 4 members (excludes halogenated alkanes) is 10. The van der Waals surface area contributed by atoms with Crippen molar-refractivity contribution in [2.24, 2.45) is 0 Å². The minimum atomic E-state index is -4.22. The van der Waals surface area contributed by atoms with Crippen LogP contribution >= 0.6 is 0 Å². The molecule has 0 heterocycles. The Bertz CT molecular complexity index is 401. The van der Waals surface area contributed by atoms with Crippen molar-refractivity contribution in [3.63, 3.8) is 0 Å². The Kier molecular flexibility index (Phi) is 22.4. The van der Waals surface area contributed by atoms with Crippen LogP contribution in [-0.4, -0.2) is 29.4 Å². The maximum atomic E-state index is 11.5. The fourth-order valence-corrected chi connectivity index (χ4v) is 4.38. The molecule has 2 atom stereocenters. The van der Waals surface area contributed by atoms with E-state index in [9.17, 15) is 18.1 Å². The maximum absolute atomic E-state index is 11.5. The first kappa shape index (κ1) is 30.1. The average Bonchev–Trinajstić information content (AvgIpc) is 2.58. The molecule has 0 aromatic carbocycles. The second-order valence-corrected chi connectivity index (χ2v) is 9.46. The van der Waals surface area contributed by atoms with Gasteiger partial charge in [-0.25, -0.2) is 8.42 Å². The maximum Gasteiger partial charge on any atom is 1.00 e. The van der Waals surface area contributed by atoms with E-state index in [0.717, 1.165) is 38.5 Å². The molecule has 0 aliphatic rings. The molecule has 0 aliphatic heterocycles. The summed E-state index contributed by atoms with van der Waals surface area (Å²) in [6, 6.07) is 0. The van der Waals surface area contributed by atoms with E-state index in [4.69, 9.17) is 0 Å². The number of aliphatic hydroxyl groups is 1. The number of hydrogen-bond acceptors (Lipinski definition) is 4. The Morgan fingerprint density at radius 2 is 1.04 bits per heavy atom. The van der Waals surface area contributed by atoms with Crippen molar-refractivity contribution in [3.8, 4) is 0 Å². The van der Waals surface area contributed by atoms with E-state index < -0.39 is 15.4 Å². The van der Waals surface area contributed by atoms with Crippen LogP contribution in [0.2, 0.25) is 0 Å². The van der Waals surface area contributed by atoms with Crippen molar-refractivity contribution in [2.75, 3.05) is 0 Å². The topological polar surface area (TPSA) is 77.4 Å². The molecule has 0 aliphatic carbocycles. The van der Waals surface area contributed by atoms with Crippen molar-refractivity contribution < 1.29 is 47.6 Å². The molecular weight excluding hydrogens is 371 g/mol. The van der Waals surface area contributed by atoms with Gasteiger partial charge in [0.2, 0.25) is 0 Å². The summed E-state index contributed by atoms with van der Waals surface area (Å²) in [6.07, 6.45) is 16.3. The molecule has 0 saturated carbocycles. The van der Waals surface area contributed by atoms with Crippen molar-refractivity contribution in [1.82, 2.24) is 0 Å². The zero-order valence-electron chi connectivity index (χ0n) is 18.3. The number of rotatable bonds is 19. The van der Waals surface area contributed by atoms with Gasteiger partial charge in [0, 0.05) is 5.25 Å². The SMILES string of the molecule is CCCCCCCCCC(CCCC(O)CCCCCCC)S(=O)(=O)[O-].[Na+]. The Labute approximate surface area is 191 Å². The molecule has 0 amide bonds. The Morgan fingerprint density at radius 1 is 0.667 bits per heavy atom. The van der Waals surface area contributed by atoms with Gasteiger partial charge >= 0.3 is 29.6 Å². The first-order valence-corrected chi connectivity index (χ1v) is 12.5. The van der Waals surface area contributed by atoms with Crippen LogP contribution in [0, 0.1) is 0 Å². The first-order valence-electron chi connectivity index (χ1n) is 11.0. The first-order chi connectivity index (χ1) is 12.4. The minimum Gasteiger partial charge on any atom is -0.748 e. The van der Waals surface area contributed by atoms with Gasteiger partial charge in [-0.3, -0.25) is 0 Å². The van der Waals surface area contributed by atoms with E-state index in [1.165, 1.54) is 44.9 Å². The van der Waals surface area contributed by atoms with Crippen LogP contribution in [-0.2, 0) is 10.1 Å². The number of aliphatic hydroxyl groups excluding tert-OH is 1. The van der Waals surface area contributed by atoms with Crippen molar-refractivity contribution in [3.05, 3.63) is 0 Å². The van der Waals surface area contributed by atoms with Gasteiger partial charge in [0.05, 0.1) is 16.2 Å². The molecule has 0 radical (unpaired) electrons. The third-order valence-corrected chi connectivity index (χ3v) is 6.53. The smallest absolute Gasteiger partial charge is 0.748 e. The summed E-state index contributed by atoms with van der Waals surface area (Å²) in [5.74, 6) is 0. The van der Waals surface area contributed by atoms with Crippen molar-refractivity contribution in [2.45, 2.75) is 134 Å². The van der Waals surface area contributed by atoms with Gasteiger partial charge in [-0.05, 0) is 32.1 Å². The minimum absolute atomic E-state index is 0. The molecule has 0 aromatic rings. The quantitative estimate of drug-likeness (QED) is 0.200. The summed E-state index contributed by atoms with van der Waals surface area (Å²) in [7, 11) is -4.22. The largest absolute Gasteiger partial charge is 1.00 e. The van der Waals surface area contributed by atoms with Crippen molar-refractivity contribution in [1.29, 1.82) is 0 Å². The molecule has 0 fully saturated rings. The molecule has 27 heavy (non-hydrogen) atoms. The molecular formula is C21H43NaO4S. The summed E-state index contributed by atoms with van der Waals surface area (Å²) < 4.78 is 34.4. The summed E-state index contributed by atoms with van der Waals surface area (Å²) in [6.45, 7) is 4.37. The van der Waals surface area contributed by atoms with Gasteiger partial charge in [-0.15, -0.1) is 0 Å². The van der Waals surface area contributed by atoms with Crippen LogP contribution < -0.4 is 29.6 Å². The fourth-order valence-electron chi connectivity index (χ4n) is 3.47. The van der Waals surface area contributed by atoms with E-state index in [1.54, 1.807) is 0 Å². The summed E-state index contributed by atoms with van der Waals surface area (Å²) in [5, 5.41) is 9.24. The van der Waals surface area contributed by atoms with Crippen LogP contribution in [0.25, 0.3) is 0 Å². The second kappa shape index (κ2) is 20.2. The molecule has 0 rings (SSSR count). The Balaban J connectivity index is 0. The fraction of sp³-hybridized carbons (Fsp3) is 1.00. The zero-order valence-corrected chi connectivity index (χ0v) is 21.1. The zero-order chi connectivity index (χ0) is 19.7. The second-order valence-electron chi connectivity index (χ2n) is 7.81. The van der Waals surface area contributed by atoms with Gasteiger partial charge in [0.1, 0.15) is 0 Å². The summed E-state index contributed by atoms with van der Waals surface area (Å²) in [5.41, 5.74) is 0. The van der Waals surface area contributed by atoms with Gasteiger partial charge in [-0.1, -0.05) is 90.9 Å². The third-order valence-electron chi connectivity index (χ3n) is 5.24. The molecule has 0 saturated heterocycles. The Morgan fingerprint density at radius 3 is 1.52 bits per heavy atom. The van der Waals surface area contributed by atoms with Gasteiger partial charge in [0.25, 0.3) is 0 Å². The number of hydrogen-bond donors (Lipinski definition) is 1. The normalized spacial score (nSPS) is 13.9. The van der Waals surface area contributed by atoms with E-state index in [0.29, 0.717) is 25.7 Å². The van der Waals surface area contributed by atoms with E-state index in [2.05, 4.69) is 13.8 Å². The predicted molar refractivity (Wildman–Crippen MR) is 109 cm³/mol. The predicted octanol–water partition coefficient (Wildman–Crippen LogP) is 2.94. The van der Waals surface area contributed by atoms with Crippen LogP contribution in [0.5, 0.6) is 0 Å². The van der Waals surface area contributed by atoms with E-state index >= 15 is 0 Å². The van der Waals surface area contributed by atoms with Gasteiger partial charge in [-0.2, -0.15) is 0 Å². The van der Waals surface area contributed by atoms with Crippen LogP contribution in [0.15, 0.2) is 0 Å². The van der Waals surface area contributed by atoms with E-state index in [-0.39, 0.29) is 35.7 Å². The molecule has 0 aromatic heterocycles. The van der Waals surface area contributed by atoms with Crippen LogP contribution in [0.4, 0.5) is 0 Å². The molecule has 1 N–H and O–H groups in total. The molecule has 6 heteroatoms. The van der Waals surface area contributed by atoms with Crippen LogP contribution in [0.1, 0.15) is 123 Å². The van der Waals surface area contributed by atoms with Gasteiger partial charge in [0.15, 0.2) is 0 Å². The third kappa shape index (κ3) is 19.9. The molecule has 4 nitrogen and oxygen atoms in total. The van der Waals surface area contributed by atoms with E-state index in [1.807, 2.05) is 0 Å². The molecule has 0 spiro atoms. The van der Waals surface area contributed by atoms with Crippen molar-refractivity contribution >= 4 is 10.1 Å². The summed E-state index contributed by atoms with van der Waals surface area (Å²) in [4.78, 5) is 0. The average molecular weight is 415 g/mol. The molecule has 158 valence electrons. The molecule has 0 bridgehead atoms. The monoisotopic (exact) mass is 414 g/mol. The van der Waals surface area contributed by atoms with Crippen LogP contribution in [0.3, 0.4) is 0 Å². The van der Waals surface area contributed by atoms with Gasteiger partial charge < -0.3 is 9.66 Å². The standard InChI is InChI=1S/C21H44O4S.Na/c1-3-5-7-9-10-12-14-18-21(26(23,24)25)19-15-17-20(22)16-13-11-8-6-4-2;/h20-22H,3-19H2,1-2H3,(H,23,24,25);/q;+1/p-1. The Hall–Kier alpha value is 0.870.